The highest BCUT2D eigenvalue weighted by molar-refractivity contribution is 5.66. The fourth-order valence-electron chi connectivity index (χ4n) is 1.94. The summed E-state index contributed by atoms with van der Waals surface area (Å²) in [4.78, 5) is 12.5. The van der Waals surface area contributed by atoms with E-state index in [0.717, 1.165) is 11.3 Å². The molecule has 5 nitrogen and oxygen atoms in total. The van der Waals surface area contributed by atoms with Gasteiger partial charge in [-0.25, -0.2) is 0 Å². The van der Waals surface area contributed by atoms with Gasteiger partial charge in [0.05, 0.1) is 13.7 Å². The third-order valence-corrected chi connectivity index (χ3v) is 2.87. The Labute approximate surface area is 113 Å². The van der Waals surface area contributed by atoms with Gasteiger partial charge in [0.1, 0.15) is 5.75 Å². The normalized spacial score (nSPS) is 10.7. The van der Waals surface area contributed by atoms with E-state index in [4.69, 9.17) is 14.9 Å². The second-order valence-corrected chi connectivity index (χ2v) is 4.31. The molecule has 0 aliphatic heterocycles. The number of benzene rings is 1. The molecule has 0 fully saturated rings. The minimum Gasteiger partial charge on any atom is -0.496 e. The van der Waals surface area contributed by atoms with Crippen LogP contribution in [0.2, 0.25) is 0 Å². The van der Waals surface area contributed by atoms with Crippen LogP contribution in [0.4, 0.5) is 0 Å². The first-order valence-corrected chi connectivity index (χ1v) is 6.34. The van der Waals surface area contributed by atoms with Crippen molar-refractivity contribution in [2.45, 2.75) is 19.4 Å². The molecule has 2 N–H and O–H groups in total. The number of aliphatic hydroxyl groups excluding tert-OH is 1. The zero-order valence-corrected chi connectivity index (χ0v) is 11.2. The lowest BCUT2D eigenvalue weighted by molar-refractivity contribution is -0.137. The standard InChI is InChI=1S/C14H21NO4/c1-19-13-6-3-2-5-12(13)11-15(9-10-16)8-4-7-14(17)18/h2-3,5-6,16H,4,7-11H2,1H3,(H,17,18). The Morgan fingerprint density at radius 3 is 2.68 bits per heavy atom. The summed E-state index contributed by atoms with van der Waals surface area (Å²) in [5.74, 6) is 0.0184. The highest BCUT2D eigenvalue weighted by Crippen LogP contribution is 2.19. The molecule has 0 aliphatic rings. The molecule has 0 aromatic heterocycles. The van der Waals surface area contributed by atoms with Crippen LogP contribution in [0, 0.1) is 0 Å². The SMILES string of the molecule is COc1ccccc1CN(CCO)CCCC(=O)O. The third kappa shape index (κ3) is 5.72. The van der Waals surface area contributed by atoms with Crippen molar-refractivity contribution in [2.75, 3.05) is 26.8 Å². The van der Waals surface area contributed by atoms with E-state index in [2.05, 4.69) is 0 Å². The number of aliphatic carboxylic acids is 1. The fourth-order valence-corrected chi connectivity index (χ4v) is 1.94. The largest absolute Gasteiger partial charge is 0.496 e. The Morgan fingerprint density at radius 1 is 1.32 bits per heavy atom. The highest BCUT2D eigenvalue weighted by atomic mass is 16.5. The molecule has 0 aliphatic carbocycles. The van der Waals surface area contributed by atoms with Crippen molar-refractivity contribution in [3.05, 3.63) is 29.8 Å². The minimum atomic E-state index is -0.791. The molecule has 0 amide bonds. The molecular formula is C14H21NO4. The predicted octanol–water partition coefficient (Wildman–Crippen LogP) is 1.35. The number of hydrogen-bond acceptors (Lipinski definition) is 4. The topological polar surface area (TPSA) is 70.0 Å². The molecule has 1 aromatic carbocycles. The first-order chi connectivity index (χ1) is 9.17. The van der Waals surface area contributed by atoms with Crippen LogP contribution >= 0.6 is 0 Å². The zero-order valence-electron chi connectivity index (χ0n) is 11.2. The molecule has 0 heterocycles. The van der Waals surface area contributed by atoms with Crippen LogP contribution in [-0.2, 0) is 11.3 Å². The van der Waals surface area contributed by atoms with Crippen molar-refractivity contribution >= 4 is 5.97 Å². The molecule has 0 saturated carbocycles. The van der Waals surface area contributed by atoms with Gasteiger partial charge in [-0.2, -0.15) is 0 Å². The summed E-state index contributed by atoms with van der Waals surface area (Å²) in [5, 5.41) is 17.7. The summed E-state index contributed by atoms with van der Waals surface area (Å²) in [6.45, 7) is 1.87. The van der Waals surface area contributed by atoms with Crippen LogP contribution < -0.4 is 4.74 Å². The zero-order chi connectivity index (χ0) is 14.1. The predicted molar refractivity (Wildman–Crippen MR) is 72.2 cm³/mol. The Balaban J connectivity index is 2.58. The molecular weight excluding hydrogens is 246 g/mol. The van der Waals surface area contributed by atoms with Gasteiger partial charge in [-0.05, 0) is 19.0 Å². The van der Waals surface area contributed by atoms with Gasteiger partial charge in [0.2, 0.25) is 0 Å². The van der Waals surface area contributed by atoms with E-state index < -0.39 is 5.97 Å². The summed E-state index contributed by atoms with van der Waals surface area (Å²) in [6.07, 6.45) is 0.721. The van der Waals surface area contributed by atoms with E-state index in [9.17, 15) is 4.79 Å². The molecule has 1 aromatic rings. The average Bonchev–Trinajstić information content (AvgIpc) is 2.39. The summed E-state index contributed by atoms with van der Waals surface area (Å²) >= 11 is 0. The number of nitrogens with zero attached hydrogens (tertiary/aromatic N) is 1. The van der Waals surface area contributed by atoms with Gasteiger partial charge >= 0.3 is 5.97 Å². The van der Waals surface area contributed by atoms with Crippen molar-refractivity contribution < 1.29 is 19.7 Å². The van der Waals surface area contributed by atoms with Crippen LogP contribution in [0.25, 0.3) is 0 Å². The molecule has 0 unspecified atom stereocenters. The van der Waals surface area contributed by atoms with Crippen molar-refractivity contribution in [1.29, 1.82) is 0 Å². The van der Waals surface area contributed by atoms with Gasteiger partial charge in [0, 0.05) is 25.1 Å². The van der Waals surface area contributed by atoms with E-state index >= 15 is 0 Å². The van der Waals surface area contributed by atoms with Crippen LogP contribution in [0.1, 0.15) is 18.4 Å². The average molecular weight is 267 g/mol. The Hall–Kier alpha value is -1.59. The van der Waals surface area contributed by atoms with Crippen LogP contribution in [0.15, 0.2) is 24.3 Å². The maximum Gasteiger partial charge on any atom is 0.303 e. The molecule has 1 rings (SSSR count). The summed E-state index contributed by atoms with van der Waals surface area (Å²) in [6, 6.07) is 7.71. The molecule has 0 radical (unpaired) electrons. The number of ether oxygens (including phenoxy) is 1. The number of aliphatic hydroxyl groups is 1. The van der Waals surface area contributed by atoms with Crippen LogP contribution in [0.3, 0.4) is 0 Å². The lowest BCUT2D eigenvalue weighted by atomic mass is 10.1. The molecule has 19 heavy (non-hydrogen) atoms. The summed E-state index contributed by atoms with van der Waals surface area (Å²) in [7, 11) is 1.62. The van der Waals surface area contributed by atoms with Gasteiger partial charge in [-0.15, -0.1) is 0 Å². The number of carbonyl (C=O) groups is 1. The van der Waals surface area contributed by atoms with Crippen molar-refractivity contribution in [3.63, 3.8) is 0 Å². The molecule has 0 atom stereocenters. The molecule has 106 valence electrons. The van der Waals surface area contributed by atoms with Crippen LogP contribution in [-0.4, -0.2) is 47.9 Å². The number of carboxylic acid groups (broad SMARTS) is 1. The van der Waals surface area contributed by atoms with Gasteiger partial charge in [0.15, 0.2) is 0 Å². The van der Waals surface area contributed by atoms with Crippen LogP contribution in [0.5, 0.6) is 5.75 Å². The number of para-hydroxylation sites is 1. The maximum atomic E-state index is 10.5. The van der Waals surface area contributed by atoms with E-state index in [0.29, 0.717) is 26.1 Å². The van der Waals surface area contributed by atoms with E-state index in [1.165, 1.54) is 0 Å². The smallest absolute Gasteiger partial charge is 0.303 e. The Morgan fingerprint density at radius 2 is 2.05 bits per heavy atom. The second-order valence-electron chi connectivity index (χ2n) is 4.31. The van der Waals surface area contributed by atoms with E-state index in [-0.39, 0.29) is 13.0 Å². The van der Waals surface area contributed by atoms with Crippen molar-refractivity contribution in [2.24, 2.45) is 0 Å². The first-order valence-electron chi connectivity index (χ1n) is 6.34. The van der Waals surface area contributed by atoms with Gasteiger partial charge in [0.25, 0.3) is 0 Å². The highest BCUT2D eigenvalue weighted by Gasteiger charge is 2.09. The van der Waals surface area contributed by atoms with E-state index in [1.807, 2.05) is 29.2 Å². The van der Waals surface area contributed by atoms with Gasteiger partial charge in [-0.1, -0.05) is 18.2 Å². The quantitative estimate of drug-likeness (QED) is 0.707. The van der Waals surface area contributed by atoms with Crippen molar-refractivity contribution in [1.82, 2.24) is 4.90 Å². The maximum absolute atomic E-state index is 10.5. The lowest BCUT2D eigenvalue weighted by Gasteiger charge is -2.22. The third-order valence-electron chi connectivity index (χ3n) is 2.87. The Bertz CT molecular complexity index is 395. The van der Waals surface area contributed by atoms with E-state index in [1.54, 1.807) is 7.11 Å². The number of methoxy groups -OCH3 is 1. The van der Waals surface area contributed by atoms with Gasteiger partial charge < -0.3 is 14.9 Å². The molecule has 0 saturated heterocycles. The fraction of sp³-hybridized carbons (Fsp3) is 0.500. The molecule has 0 bridgehead atoms. The second kappa shape index (κ2) is 8.50. The monoisotopic (exact) mass is 267 g/mol. The summed E-state index contributed by atoms with van der Waals surface area (Å²) < 4.78 is 5.28. The summed E-state index contributed by atoms with van der Waals surface area (Å²) in [5.41, 5.74) is 1.04. The first kappa shape index (κ1) is 15.5. The lowest BCUT2D eigenvalue weighted by Crippen LogP contribution is -2.28. The number of hydrogen-bond donors (Lipinski definition) is 2. The van der Waals surface area contributed by atoms with Gasteiger partial charge in [-0.3, -0.25) is 9.69 Å². The molecule has 5 heteroatoms. The van der Waals surface area contributed by atoms with Crippen molar-refractivity contribution in [3.8, 4) is 5.75 Å². The number of rotatable bonds is 9. The minimum absolute atomic E-state index is 0.0578. The number of carboxylic acids is 1. The Kier molecular flexibility index (Phi) is 6.92. The molecule has 0 spiro atoms.